The highest BCUT2D eigenvalue weighted by Crippen LogP contribution is 2.22. The lowest BCUT2D eigenvalue weighted by Crippen LogP contribution is -2.31. The van der Waals surface area contributed by atoms with Gasteiger partial charge in [0, 0.05) is 26.2 Å². The molecular formula is C14H23N3O4S2. The number of hydrogen-bond donors (Lipinski definition) is 1. The number of benzene rings is 1. The van der Waals surface area contributed by atoms with Crippen LogP contribution in [0.4, 0.5) is 0 Å². The Morgan fingerprint density at radius 2 is 1.52 bits per heavy atom. The molecule has 9 heteroatoms. The van der Waals surface area contributed by atoms with Gasteiger partial charge in [-0.25, -0.2) is 21.6 Å². The van der Waals surface area contributed by atoms with E-state index >= 15 is 0 Å². The van der Waals surface area contributed by atoms with Gasteiger partial charge in [-0.15, -0.1) is 0 Å². The Morgan fingerprint density at radius 3 is 2.04 bits per heavy atom. The van der Waals surface area contributed by atoms with Crippen molar-refractivity contribution >= 4 is 20.0 Å². The minimum Gasteiger partial charge on any atom is -0.308 e. The second-order valence-electron chi connectivity index (χ2n) is 5.78. The number of likely N-dealkylation sites (N-methyl/N-ethyl adjacent to an activating group) is 1. The SMILES string of the molecule is CN(C)CCNS(=O)(=O)c1ccc(S(=O)(=O)N2CCCC2)cc1. The van der Waals surface area contributed by atoms with Crippen LogP contribution < -0.4 is 4.72 Å². The van der Waals surface area contributed by atoms with Crippen LogP contribution in [0.25, 0.3) is 0 Å². The standard InChI is InChI=1S/C14H23N3O4S2/c1-16(2)12-9-15-22(18,19)13-5-7-14(8-6-13)23(20,21)17-10-3-4-11-17/h5-8,15H,3-4,9-12H2,1-2H3. The van der Waals surface area contributed by atoms with Gasteiger partial charge in [0.2, 0.25) is 20.0 Å². The molecule has 23 heavy (non-hydrogen) atoms. The van der Waals surface area contributed by atoms with E-state index in [9.17, 15) is 16.8 Å². The van der Waals surface area contributed by atoms with Gasteiger partial charge in [-0.1, -0.05) is 0 Å². The van der Waals surface area contributed by atoms with Gasteiger partial charge in [0.1, 0.15) is 0 Å². The second-order valence-corrected chi connectivity index (χ2v) is 9.49. The molecule has 0 bridgehead atoms. The zero-order valence-corrected chi connectivity index (χ0v) is 15.0. The van der Waals surface area contributed by atoms with Crippen molar-refractivity contribution in [2.45, 2.75) is 22.6 Å². The summed E-state index contributed by atoms with van der Waals surface area (Å²) in [4.78, 5) is 2.07. The van der Waals surface area contributed by atoms with Gasteiger partial charge >= 0.3 is 0 Å². The molecule has 0 amide bonds. The van der Waals surface area contributed by atoms with Crippen molar-refractivity contribution in [3.8, 4) is 0 Å². The molecule has 1 aromatic carbocycles. The molecule has 0 saturated carbocycles. The molecule has 0 aromatic heterocycles. The lowest BCUT2D eigenvalue weighted by molar-refractivity contribution is 0.412. The van der Waals surface area contributed by atoms with Crippen LogP contribution in [-0.4, -0.2) is 66.3 Å². The van der Waals surface area contributed by atoms with Crippen molar-refractivity contribution in [2.75, 3.05) is 40.3 Å². The molecule has 1 aliphatic heterocycles. The molecule has 0 spiro atoms. The zero-order valence-electron chi connectivity index (χ0n) is 13.4. The van der Waals surface area contributed by atoms with E-state index in [1.54, 1.807) is 0 Å². The van der Waals surface area contributed by atoms with Crippen LogP contribution in [0.2, 0.25) is 0 Å². The van der Waals surface area contributed by atoms with Crippen molar-refractivity contribution in [1.82, 2.24) is 13.9 Å². The molecule has 0 radical (unpaired) electrons. The fourth-order valence-corrected chi connectivity index (χ4v) is 4.89. The summed E-state index contributed by atoms with van der Waals surface area (Å²) in [5, 5.41) is 0. The van der Waals surface area contributed by atoms with Crippen LogP contribution in [0.1, 0.15) is 12.8 Å². The van der Waals surface area contributed by atoms with Crippen molar-refractivity contribution in [2.24, 2.45) is 0 Å². The number of hydrogen-bond acceptors (Lipinski definition) is 5. The van der Waals surface area contributed by atoms with E-state index in [0.717, 1.165) is 12.8 Å². The van der Waals surface area contributed by atoms with Crippen molar-refractivity contribution in [3.63, 3.8) is 0 Å². The summed E-state index contributed by atoms with van der Waals surface area (Å²) in [5.41, 5.74) is 0. The molecular weight excluding hydrogens is 338 g/mol. The zero-order chi connectivity index (χ0) is 17.1. The fraction of sp³-hybridized carbons (Fsp3) is 0.571. The van der Waals surface area contributed by atoms with E-state index in [4.69, 9.17) is 0 Å². The third-order valence-corrected chi connectivity index (χ3v) is 7.08. The Balaban J connectivity index is 2.12. The fourth-order valence-electron chi connectivity index (χ4n) is 2.36. The first kappa shape index (κ1) is 18.3. The van der Waals surface area contributed by atoms with E-state index in [-0.39, 0.29) is 9.79 Å². The first-order valence-corrected chi connectivity index (χ1v) is 10.4. The van der Waals surface area contributed by atoms with Crippen LogP contribution in [0, 0.1) is 0 Å². The highest BCUT2D eigenvalue weighted by Gasteiger charge is 2.27. The van der Waals surface area contributed by atoms with Crippen molar-refractivity contribution in [3.05, 3.63) is 24.3 Å². The normalized spacial score (nSPS) is 17.0. The van der Waals surface area contributed by atoms with E-state index in [0.29, 0.717) is 26.2 Å². The van der Waals surface area contributed by atoms with Gasteiger partial charge in [-0.3, -0.25) is 0 Å². The van der Waals surface area contributed by atoms with E-state index in [1.165, 1.54) is 28.6 Å². The van der Waals surface area contributed by atoms with Crippen molar-refractivity contribution < 1.29 is 16.8 Å². The first-order valence-electron chi connectivity index (χ1n) is 7.48. The van der Waals surface area contributed by atoms with Crippen LogP contribution in [0.15, 0.2) is 34.1 Å². The van der Waals surface area contributed by atoms with Crippen LogP contribution in [0.5, 0.6) is 0 Å². The van der Waals surface area contributed by atoms with Gasteiger partial charge < -0.3 is 4.90 Å². The van der Waals surface area contributed by atoms with E-state index in [2.05, 4.69) is 4.72 Å². The third kappa shape index (κ3) is 4.51. The summed E-state index contributed by atoms with van der Waals surface area (Å²) in [6.07, 6.45) is 1.73. The molecule has 0 unspecified atom stereocenters. The van der Waals surface area contributed by atoms with Gasteiger partial charge in [0.25, 0.3) is 0 Å². The average Bonchev–Trinajstić information content (AvgIpc) is 3.01. The predicted octanol–water partition coefficient (Wildman–Crippen LogP) is 0.311. The van der Waals surface area contributed by atoms with E-state index in [1.807, 2.05) is 19.0 Å². The molecule has 1 fully saturated rings. The Morgan fingerprint density at radius 1 is 1.00 bits per heavy atom. The predicted molar refractivity (Wildman–Crippen MR) is 88.2 cm³/mol. The Kier molecular flexibility index (Phi) is 5.79. The quantitative estimate of drug-likeness (QED) is 0.755. The molecule has 1 saturated heterocycles. The van der Waals surface area contributed by atoms with E-state index < -0.39 is 20.0 Å². The summed E-state index contributed by atoms with van der Waals surface area (Å²) < 4.78 is 53.0. The van der Waals surface area contributed by atoms with Gasteiger partial charge in [-0.05, 0) is 51.2 Å². The number of nitrogens with one attached hydrogen (secondary N) is 1. The highest BCUT2D eigenvalue weighted by molar-refractivity contribution is 7.89. The Hall–Kier alpha value is -1.00. The average molecular weight is 361 g/mol. The molecule has 1 N–H and O–H groups in total. The summed E-state index contributed by atoms with van der Waals surface area (Å²) in [5.74, 6) is 0. The van der Waals surface area contributed by atoms with Gasteiger partial charge in [0.05, 0.1) is 9.79 Å². The molecule has 2 rings (SSSR count). The number of nitrogens with zero attached hydrogens (tertiary/aromatic N) is 2. The third-order valence-electron chi connectivity index (χ3n) is 3.69. The van der Waals surface area contributed by atoms with Crippen molar-refractivity contribution in [1.29, 1.82) is 0 Å². The topological polar surface area (TPSA) is 86.8 Å². The lowest BCUT2D eigenvalue weighted by atomic mass is 10.4. The molecule has 1 aliphatic rings. The summed E-state index contributed by atoms with van der Waals surface area (Å²) in [7, 11) is -3.43. The monoisotopic (exact) mass is 361 g/mol. The largest absolute Gasteiger partial charge is 0.308 e. The highest BCUT2D eigenvalue weighted by atomic mass is 32.2. The molecule has 130 valence electrons. The maximum atomic E-state index is 12.4. The minimum atomic E-state index is -3.62. The first-order chi connectivity index (χ1) is 10.7. The van der Waals surface area contributed by atoms with Gasteiger partial charge in [-0.2, -0.15) is 4.31 Å². The van der Waals surface area contributed by atoms with Crippen LogP contribution in [-0.2, 0) is 20.0 Å². The summed E-state index contributed by atoms with van der Waals surface area (Å²) in [6.45, 7) is 1.92. The van der Waals surface area contributed by atoms with Crippen LogP contribution in [0.3, 0.4) is 0 Å². The number of rotatable bonds is 7. The maximum Gasteiger partial charge on any atom is 0.243 e. The number of sulfonamides is 2. The lowest BCUT2D eigenvalue weighted by Gasteiger charge is -2.16. The molecule has 1 aromatic rings. The summed E-state index contributed by atoms with van der Waals surface area (Å²) >= 11 is 0. The molecule has 1 heterocycles. The van der Waals surface area contributed by atoms with Gasteiger partial charge in [0.15, 0.2) is 0 Å². The maximum absolute atomic E-state index is 12.4. The molecule has 7 nitrogen and oxygen atoms in total. The molecule has 0 atom stereocenters. The molecule has 0 aliphatic carbocycles. The Labute approximate surface area is 138 Å². The second kappa shape index (κ2) is 7.27. The smallest absolute Gasteiger partial charge is 0.243 e. The Bertz CT molecular complexity index is 722. The minimum absolute atomic E-state index is 0.0663. The van der Waals surface area contributed by atoms with Crippen LogP contribution >= 0.6 is 0 Å². The summed E-state index contributed by atoms with van der Waals surface area (Å²) in [6, 6.07) is 5.38.